The fraction of sp³-hybridized carbons (Fsp3) is 0.120. The highest BCUT2D eigenvalue weighted by atomic mass is 32.2. The summed E-state index contributed by atoms with van der Waals surface area (Å²) in [5.41, 5.74) is 1.23. The molecular formula is C25H19FN4O3S. The predicted molar refractivity (Wildman–Crippen MR) is 127 cm³/mol. The van der Waals surface area contributed by atoms with Crippen LogP contribution in [-0.2, 0) is 6.54 Å². The van der Waals surface area contributed by atoms with Gasteiger partial charge in [-0.15, -0.1) is 10.2 Å². The number of rotatable bonds is 8. The van der Waals surface area contributed by atoms with Gasteiger partial charge < -0.3 is 9.15 Å². The third-order valence-corrected chi connectivity index (χ3v) is 5.83. The molecular weight excluding hydrogens is 455 g/mol. The normalized spacial score (nSPS) is 11.1. The van der Waals surface area contributed by atoms with Crippen molar-refractivity contribution in [1.82, 2.24) is 20.0 Å². The second-order valence-corrected chi connectivity index (χ2v) is 8.41. The van der Waals surface area contributed by atoms with Crippen LogP contribution in [0.4, 0.5) is 4.39 Å². The van der Waals surface area contributed by atoms with Crippen LogP contribution in [0.15, 0.2) is 93.3 Å². The minimum absolute atomic E-state index is 0.185. The first-order valence-corrected chi connectivity index (χ1v) is 11.5. The molecule has 170 valence electrons. The van der Waals surface area contributed by atoms with Crippen LogP contribution in [0, 0.1) is 5.82 Å². The molecule has 0 N–H and O–H groups in total. The third kappa shape index (κ3) is 4.84. The topological polar surface area (TPSA) is 83.0 Å². The maximum Gasteiger partial charge on any atom is 0.277 e. The van der Waals surface area contributed by atoms with Crippen LogP contribution in [0.2, 0.25) is 0 Å². The molecule has 0 saturated heterocycles. The van der Waals surface area contributed by atoms with Gasteiger partial charge in [0.1, 0.15) is 11.6 Å². The maximum absolute atomic E-state index is 13.0. The van der Waals surface area contributed by atoms with E-state index in [0.717, 1.165) is 5.56 Å². The lowest BCUT2D eigenvalue weighted by atomic mass is 10.1. The molecule has 0 atom stereocenters. The zero-order valence-corrected chi connectivity index (χ0v) is 18.7. The molecule has 5 rings (SSSR count). The summed E-state index contributed by atoms with van der Waals surface area (Å²) in [5, 5.41) is 14.4. The average Bonchev–Trinajstić information content (AvgIpc) is 3.34. The van der Waals surface area contributed by atoms with E-state index < -0.39 is 0 Å². The molecule has 34 heavy (non-hydrogen) atoms. The first-order valence-electron chi connectivity index (χ1n) is 10.6. The first-order chi connectivity index (χ1) is 16.7. The summed E-state index contributed by atoms with van der Waals surface area (Å²) < 4.78 is 25.8. The lowest BCUT2D eigenvalue weighted by Crippen LogP contribution is -2.24. The van der Waals surface area contributed by atoms with Gasteiger partial charge in [0.2, 0.25) is 0 Å². The molecule has 2 heterocycles. The van der Waals surface area contributed by atoms with Gasteiger partial charge in [0.05, 0.1) is 18.5 Å². The Bertz CT molecular complexity index is 1470. The van der Waals surface area contributed by atoms with E-state index in [9.17, 15) is 9.18 Å². The van der Waals surface area contributed by atoms with Crippen molar-refractivity contribution >= 4 is 22.5 Å². The van der Waals surface area contributed by atoms with Crippen LogP contribution in [0.25, 0.3) is 22.4 Å². The van der Waals surface area contributed by atoms with E-state index in [1.165, 1.54) is 28.6 Å². The minimum atomic E-state index is -0.309. The van der Waals surface area contributed by atoms with Crippen molar-refractivity contribution in [2.24, 2.45) is 0 Å². The van der Waals surface area contributed by atoms with E-state index >= 15 is 0 Å². The number of ether oxygens (including phenoxy) is 1. The monoisotopic (exact) mass is 474 g/mol. The van der Waals surface area contributed by atoms with Crippen molar-refractivity contribution < 1.29 is 13.5 Å². The zero-order chi connectivity index (χ0) is 23.3. The average molecular weight is 475 g/mol. The largest absolute Gasteiger partial charge is 0.493 e. The van der Waals surface area contributed by atoms with E-state index in [0.29, 0.717) is 46.3 Å². The number of hydrogen-bond donors (Lipinski definition) is 0. The van der Waals surface area contributed by atoms with Crippen molar-refractivity contribution in [3.63, 3.8) is 0 Å². The summed E-state index contributed by atoms with van der Waals surface area (Å²) in [6, 6.07) is 22.7. The lowest BCUT2D eigenvalue weighted by molar-refractivity contribution is 0.342. The van der Waals surface area contributed by atoms with Crippen molar-refractivity contribution in [1.29, 1.82) is 0 Å². The van der Waals surface area contributed by atoms with Crippen LogP contribution in [-0.4, -0.2) is 32.3 Å². The molecule has 9 heteroatoms. The molecule has 7 nitrogen and oxygen atoms in total. The Morgan fingerprint density at radius 3 is 2.44 bits per heavy atom. The van der Waals surface area contributed by atoms with Crippen molar-refractivity contribution in [3.05, 3.63) is 101 Å². The number of aromatic nitrogens is 4. The Balaban J connectivity index is 1.36. The molecule has 0 fully saturated rings. The van der Waals surface area contributed by atoms with Gasteiger partial charge in [0.25, 0.3) is 16.7 Å². The van der Waals surface area contributed by atoms with E-state index in [1.807, 2.05) is 48.5 Å². The number of halogens is 1. The number of fused-ring (bicyclic) bond motifs is 1. The Morgan fingerprint density at radius 2 is 1.65 bits per heavy atom. The highest BCUT2D eigenvalue weighted by molar-refractivity contribution is 7.99. The standard InChI is InChI=1S/C25H19FN4O3S/c26-18-10-12-19(13-11-18)32-14-15-34-25-28-27-23(33-25)22-20-8-4-5-9-21(20)24(31)30(29-22)16-17-6-2-1-3-7-17/h1-13H,14-16H2. The van der Waals surface area contributed by atoms with E-state index in [-0.39, 0.29) is 17.3 Å². The zero-order valence-electron chi connectivity index (χ0n) is 17.9. The third-order valence-electron chi connectivity index (χ3n) is 5.04. The van der Waals surface area contributed by atoms with Gasteiger partial charge in [-0.25, -0.2) is 9.07 Å². The summed E-state index contributed by atoms with van der Waals surface area (Å²) >= 11 is 1.34. The Hall–Kier alpha value is -3.98. The fourth-order valence-electron chi connectivity index (χ4n) is 3.44. The lowest BCUT2D eigenvalue weighted by Gasteiger charge is -2.09. The van der Waals surface area contributed by atoms with E-state index in [4.69, 9.17) is 9.15 Å². The highest BCUT2D eigenvalue weighted by Gasteiger charge is 2.18. The summed E-state index contributed by atoms with van der Waals surface area (Å²) in [6.45, 7) is 0.713. The molecule has 0 aliphatic heterocycles. The molecule has 0 radical (unpaired) electrons. The Morgan fingerprint density at radius 1 is 0.912 bits per heavy atom. The molecule has 0 spiro atoms. The van der Waals surface area contributed by atoms with Crippen LogP contribution in [0.5, 0.6) is 5.75 Å². The van der Waals surface area contributed by atoms with Crippen molar-refractivity contribution in [3.8, 4) is 17.3 Å². The van der Waals surface area contributed by atoms with Crippen LogP contribution in [0.3, 0.4) is 0 Å². The number of nitrogens with zero attached hydrogens (tertiary/aromatic N) is 4. The summed E-state index contributed by atoms with van der Waals surface area (Å²) in [6.07, 6.45) is 0. The molecule has 0 saturated carbocycles. The Kier molecular flexibility index (Phi) is 6.35. The predicted octanol–water partition coefficient (Wildman–Crippen LogP) is 4.81. The smallest absolute Gasteiger partial charge is 0.277 e. The van der Waals surface area contributed by atoms with Crippen molar-refractivity contribution in [2.45, 2.75) is 11.8 Å². The Labute approximate surface area is 198 Å². The van der Waals surface area contributed by atoms with Crippen LogP contribution >= 0.6 is 11.8 Å². The second-order valence-electron chi connectivity index (χ2n) is 7.37. The molecule has 0 amide bonds. The summed E-state index contributed by atoms with van der Waals surface area (Å²) in [5.74, 6) is 1.07. The number of thioether (sulfide) groups is 1. The molecule has 0 aliphatic rings. The van der Waals surface area contributed by atoms with Gasteiger partial charge in [0.15, 0.2) is 5.69 Å². The van der Waals surface area contributed by atoms with E-state index in [2.05, 4.69) is 15.3 Å². The molecule has 0 aliphatic carbocycles. The molecule has 2 aromatic heterocycles. The minimum Gasteiger partial charge on any atom is -0.493 e. The second kappa shape index (κ2) is 9.88. The van der Waals surface area contributed by atoms with E-state index in [1.54, 1.807) is 18.2 Å². The van der Waals surface area contributed by atoms with Crippen LogP contribution in [0.1, 0.15) is 5.56 Å². The highest BCUT2D eigenvalue weighted by Crippen LogP contribution is 2.26. The quantitative estimate of drug-likeness (QED) is 0.236. The van der Waals surface area contributed by atoms with Gasteiger partial charge in [-0.2, -0.15) is 5.10 Å². The fourth-order valence-corrected chi connectivity index (χ4v) is 4.02. The first kappa shape index (κ1) is 21.8. The van der Waals surface area contributed by atoms with Gasteiger partial charge in [-0.3, -0.25) is 4.79 Å². The number of hydrogen-bond acceptors (Lipinski definition) is 7. The van der Waals surface area contributed by atoms with Gasteiger partial charge in [-0.1, -0.05) is 60.3 Å². The SMILES string of the molecule is O=c1c2ccccc2c(-c2nnc(SCCOc3ccc(F)cc3)o2)nn1Cc1ccccc1. The summed E-state index contributed by atoms with van der Waals surface area (Å²) in [4.78, 5) is 13.0. The molecule has 0 unspecified atom stereocenters. The molecule has 0 bridgehead atoms. The maximum atomic E-state index is 13.0. The van der Waals surface area contributed by atoms with Crippen molar-refractivity contribution in [2.75, 3.05) is 12.4 Å². The molecule has 5 aromatic rings. The van der Waals surface area contributed by atoms with Gasteiger partial charge in [0, 0.05) is 11.1 Å². The number of benzene rings is 3. The van der Waals surface area contributed by atoms with Crippen LogP contribution < -0.4 is 10.3 Å². The molecule has 3 aromatic carbocycles. The van der Waals surface area contributed by atoms with Gasteiger partial charge in [-0.05, 0) is 35.9 Å². The van der Waals surface area contributed by atoms with Gasteiger partial charge >= 0.3 is 0 Å². The summed E-state index contributed by atoms with van der Waals surface area (Å²) in [7, 11) is 0.